The molecule has 1 aliphatic rings. The fourth-order valence-corrected chi connectivity index (χ4v) is 4.82. The first-order chi connectivity index (χ1) is 16.1. The Balaban J connectivity index is 1.10. The number of benzene rings is 3. The van der Waals surface area contributed by atoms with Gasteiger partial charge in [-0.15, -0.1) is 11.3 Å². The van der Waals surface area contributed by atoms with E-state index in [9.17, 15) is 9.18 Å². The number of carbonyl (C=O) groups is 1. The van der Waals surface area contributed by atoms with Crippen LogP contribution < -0.4 is 4.74 Å². The summed E-state index contributed by atoms with van der Waals surface area (Å²) in [5, 5.41) is 5.28. The van der Waals surface area contributed by atoms with Crippen molar-refractivity contribution in [2.75, 3.05) is 32.8 Å². The lowest BCUT2D eigenvalue weighted by Gasteiger charge is -2.34. The lowest BCUT2D eigenvalue weighted by Crippen LogP contribution is -2.49. The lowest BCUT2D eigenvalue weighted by atomic mass is 10.1. The van der Waals surface area contributed by atoms with Crippen molar-refractivity contribution >= 4 is 28.0 Å². The number of halogens is 1. The van der Waals surface area contributed by atoms with Crippen molar-refractivity contribution < 1.29 is 13.9 Å². The van der Waals surface area contributed by atoms with Gasteiger partial charge in [-0.1, -0.05) is 30.3 Å². The van der Waals surface area contributed by atoms with Crippen LogP contribution in [0, 0.1) is 5.82 Å². The van der Waals surface area contributed by atoms with Gasteiger partial charge in [0.05, 0.1) is 12.2 Å². The molecule has 1 fully saturated rings. The van der Waals surface area contributed by atoms with Crippen LogP contribution in [0.5, 0.6) is 5.75 Å². The number of thiazole rings is 1. The maximum Gasteiger partial charge on any atom is 0.260 e. The van der Waals surface area contributed by atoms with E-state index in [0.717, 1.165) is 46.7 Å². The average molecular weight is 462 g/mol. The zero-order valence-corrected chi connectivity index (χ0v) is 18.9. The fourth-order valence-electron chi connectivity index (χ4n) is 3.98. The van der Waals surface area contributed by atoms with E-state index in [1.54, 1.807) is 23.5 Å². The van der Waals surface area contributed by atoms with Crippen LogP contribution in [0.4, 0.5) is 4.39 Å². The van der Waals surface area contributed by atoms with Gasteiger partial charge in [0.1, 0.15) is 16.6 Å². The van der Waals surface area contributed by atoms with Crippen LogP contribution in [0.25, 0.3) is 22.0 Å². The molecule has 4 aromatic rings. The summed E-state index contributed by atoms with van der Waals surface area (Å²) in [7, 11) is 0. The minimum atomic E-state index is -0.246. The first-order valence-corrected chi connectivity index (χ1v) is 11.8. The van der Waals surface area contributed by atoms with Crippen molar-refractivity contribution in [1.82, 2.24) is 14.8 Å². The maximum atomic E-state index is 13.1. The average Bonchev–Trinajstić information content (AvgIpc) is 3.31. The molecule has 0 aliphatic carbocycles. The molecule has 0 radical (unpaired) electrons. The maximum absolute atomic E-state index is 13.1. The summed E-state index contributed by atoms with van der Waals surface area (Å²) in [6.45, 7) is 3.75. The number of amides is 1. The van der Waals surface area contributed by atoms with Gasteiger partial charge in [-0.05, 0) is 47.2 Å². The van der Waals surface area contributed by atoms with Gasteiger partial charge in [0.15, 0.2) is 6.61 Å². The van der Waals surface area contributed by atoms with Crippen molar-refractivity contribution in [3.63, 3.8) is 0 Å². The minimum absolute atomic E-state index is 0.00986. The van der Waals surface area contributed by atoms with E-state index in [1.165, 1.54) is 12.1 Å². The number of hydrogen-bond donors (Lipinski definition) is 0. The van der Waals surface area contributed by atoms with Crippen LogP contribution in [0.15, 0.2) is 72.1 Å². The molecule has 1 aromatic heterocycles. The Kier molecular flexibility index (Phi) is 6.32. The summed E-state index contributed by atoms with van der Waals surface area (Å²) in [4.78, 5) is 21.5. The van der Waals surface area contributed by atoms with Crippen LogP contribution >= 0.6 is 11.3 Å². The molecular weight excluding hydrogens is 437 g/mol. The van der Waals surface area contributed by atoms with Crippen molar-refractivity contribution in [1.29, 1.82) is 0 Å². The first-order valence-electron chi connectivity index (χ1n) is 11.0. The highest BCUT2D eigenvalue weighted by Gasteiger charge is 2.22. The largest absolute Gasteiger partial charge is 0.484 e. The Hall–Kier alpha value is -3.29. The molecule has 0 spiro atoms. The van der Waals surface area contributed by atoms with Gasteiger partial charge in [-0.3, -0.25) is 9.69 Å². The summed E-state index contributed by atoms with van der Waals surface area (Å²) in [6.07, 6.45) is 0. The molecule has 0 saturated carbocycles. The van der Waals surface area contributed by atoms with E-state index in [-0.39, 0.29) is 18.3 Å². The molecule has 5 rings (SSSR count). The van der Waals surface area contributed by atoms with Crippen LogP contribution in [0.2, 0.25) is 0 Å². The Bertz CT molecular complexity index is 1250. The second-order valence-electron chi connectivity index (χ2n) is 8.09. The second-order valence-corrected chi connectivity index (χ2v) is 9.03. The molecule has 2 heterocycles. The summed E-state index contributed by atoms with van der Waals surface area (Å²) in [6, 6.07) is 20.4. The van der Waals surface area contributed by atoms with E-state index >= 15 is 0 Å². The predicted octanol–water partition coefficient (Wildman–Crippen LogP) is 4.83. The second kappa shape index (κ2) is 9.68. The molecule has 1 saturated heterocycles. The quantitative estimate of drug-likeness (QED) is 0.413. The third-order valence-corrected chi connectivity index (χ3v) is 6.69. The number of ether oxygens (including phenoxy) is 1. The number of fused-ring (bicyclic) bond motifs is 1. The van der Waals surface area contributed by atoms with Gasteiger partial charge in [-0.2, -0.15) is 0 Å². The van der Waals surface area contributed by atoms with Crippen molar-refractivity contribution in [2.24, 2.45) is 0 Å². The lowest BCUT2D eigenvalue weighted by molar-refractivity contribution is -0.135. The standard InChI is InChI=1S/C26H24FN3O2S/c27-22-8-5-20(6-9-22)24-18-33-25(28-24)16-29-11-13-30(14-12-29)26(31)17-32-23-10-7-19-3-1-2-4-21(19)15-23/h1-10,15,18H,11-14,16-17H2. The van der Waals surface area contributed by atoms with E-state index in [1.807, 2.05) is 46.7 Å². The molecule has 0 atom stereocenters. The third-order valence-electron chi connectivity index (χ3n) is 5.86. The Morgan fingerprint density at radius 3 is 2.52 bits per heavy atom. The van der Waals surface area contributed by atoms with Crippen LogP contribution in [-0.4, -0.2) is 53.5 Å². The predicted molar refractivity (Wildman–Crippen MR) is 129 cm³/mol. The smallest absolute Gasteiger partial charge is 0.260 e. The number of carbonyl (C=O) groups excluding carboxylic acids is 1. The fraction of sp³-hybridized carbons (Fsp3) is 0.231. The molecule has 7 heteroatoms. The van der Waals surface area contributed by atoms with Gasteiger partial charge in [0, 0.05) is 37.1 Å². The number of piperazine rings is 1. The molecule has 33 heavy (non-hydrogen) atoms. The molecule has 1 aliphatic heterocycles. The van der Waals surface area contributed by atoms with Gasteiger partial charge >= 0.3 is 0 Å². The van der Waals surface area contributed by atoms with Gasteiger partial charge in [0.25, 0.3) is 5.91 Å². The van der Waals surface area contributed by atoms with Crippen LogP contribution in [0.3, 0.4) is 0 Å². The third kappa shape index (κ3) is 5.21. The highest BCUT2D eigenvalue weighted by Crippen LogP contribution is 2.24. The van der Waals surface area contributed by atoms with E-state index in [0.29, 0.717) is 18.8 Å². The summed E-state index contributed by atoms with van der Waals surface area (Å²) < 4.78 is 18.9. The van der Waals surface area contributed by atoms with Gasteiger partial charge < -0.3 is 9.64 Å². The monoisotopic (exact) mass is 461 g/mol. The highest BCUT2D eigenvalue weighted by molar-refractivity contribution is 7.09. The van der Waals surface area contributed by atoms with Crippen molar-refractivity contribution in [2.45, 2.75) is 6.54 Å². The van der Waals surface area contributed by atoms with E-state index in [4.69, 9.17) is 9.72 Å². The molecule has 0 unspecified atom stereocenters. The minimum Gasteiger partial charge on any atom is -0.484 e. The number of hydrogen-bond acceptors (Lipinski definition) is 5. The van der Waals surface area contributed by atoms with Crippen molar-refractivity contribution in [3.05, 3.63) is 82.9 Å². The Labute approximate surface area is 196 Å². The van der Waals surface area contributed by atoms with Crippen molar-refractivity contribution in [3.8, 4) is 17.0 Å². The van der Waals surface area contributed by atoms with Gasteiger partial charge in [0.2, 0.25) is 0 Å². The number of aromatic nitrogens is 1. The zero-order valence-electron chi connectivity index (χ0n) is 18.1. The molecule has 3 aromatic carbocycles. The molecule has 5 nitrogen and oxygen atoms in total. The molecule has 1 amide bonds. The zero-order chi connectivity index (χ0) is 22.6. The highest BCUT2D eigenvalue weighted by atomic mass is 32.1. The normalized spacial score (nSPS) is 14.5. The molecule has 168 valence electrons. The summed E-state index contributed by atoms with van der Waals surface area (Å²) in [5.74, 6) is 0.473. The Morgan fingerprint density at radius 1 is 0.970 bits per heavy atom. The topological polar surface area (TPSA) is 45.7 Å². The molecular formula is C26H24FN3O2S. The summed E-state index contributed by atoms with van der Waals surface area (Å²) in [5.41, 5.74) is 1.79. The molecule has 0 N–H and O–H groups in total. The van der Waals surface area contributed by atoms with Crippen LogP contribution in [-0.2, 0) is 11.3 Å². The molecule has 0 bridgehead atoms. The number of nitrogens with zero attached hydrogens (tertiary/aromatic N) is 3. The first kappa shape index (κ1) is 21.6. The SMILES string of the molecule is O=C(COc1ccc2ccccc2c1)N1CCN(Cc2nc(-c3ccc(F)cc3)cs2)CC1. The van der Waals surface area contributed by atoms with E-state index < -0.39 is 0 Å². The van der Waals surface area contributed by atoms with Gasteiger partial charge in [-0.25, -0.2) is 9.37 Å². The van der Waals surface area contributed by atoms with E-state index in [2.05, 4.69) is 11.0 Å². The van der Waals surface area contributed by atoms with Crippen LogP contribution in [0.1, 0.15) is 5.01 Å². The number of rotatable bonds is 6. The Morgan fingerprint density at radius 2 is 1.73 bits per heavy atom. The summed E-state index contributed by atoms with van der Waals surface area (Å²) >= 11 is 1.61.